The lowest BCUT2D eigenvalue weighted by Gasteiger charge is -2.10. The summed E-state index contributed by atoms with van der Waals surface area (Å²) in [5.41, 5.74) is 6.00. The van der Waals surface area contributed by atoms with Crippen molar-refractivity contribution < 1.29 is 18.7 Å². The van der Waals surface area contributed by atoms with Gasteiger partial charge < -0.3 is 15.2 Å². The lowest BCUT2D eigenvalue weighted by Crippen LogP contribution is -2.07. The smallest absolute Gasteiger partial charge is 0.316 e. The van der Waals surface area contributed by atoms with Gasteiger partial charge in [0.05, 0.1) is 19.0 Å². The van der Waals surface area contributed by atoms with Crippen molar-refractivity contribution in [1.29, 1.82) is 0 Å². The third-order valence-electron chi connectivity index (χ3n) is 2.18. The number of nitrogens with two attached hydrogens (primary N) is 1. The molecule has 19 heavy (non-hydrogen) atoms. The first kappa shape index (κ1) is 15.6. The van der Waals surface area contributed by atoms with E-state index < -0.39 is 5.82 Å². The van der Waals surface area contributed by atoms with Gasteiger partial charge >= 0.3 is 5.97 Å². The fourth-order valence-electron chi connectivity index (χ4n) is 1.34. The number of benzene rings is 1. The van der Waals surface area contributed by atoms with Gasteiger partial charge in [-0.25, -0.2) is 4.39 Å². The van der Waals surface area contributed by atoms with Gasteiger partial charge in [-0.15, -0.1) is 11.8 Å². The van der Waals surface area contributed by atoms with Crippen molar-refractivity contribution in [3.05, 3.63) is 17.9 Å². The number of carbonyl (C=O) groups excluding carboxylic acids is 1. The number of ether oxygens (including phenoxy) is 2. The van der Waals surface area contributed by atoms with E-state index >= 15 is 0 Å². The molecule has 0 radical (unpaired) electrons. The monoisotopic (exact) mass is 287 g/mol. The Morgan fingerprint density at radius 3 is 2.79 bits per heavy atom. The minimum absolute atomic E-state index is 0.136. The summed E-state index contributed by atoms with van der Waals surface area (Å²) >= 11 is 1.21. The van der Waals surface area contributed by atoms with Gasteiger partial charge in [0.25, 0.3) is 0 Å². The summed E-state index contributed by atoms with van der Waals surface area (Å²) in [4.78, 5) is 11.9. The Labute approximate surface area is 116 Å². The molecule has 0 amide bonds. The van der Waals surface area contributed by atoms with Crippen LogP contribution >= 0.6 is 11.8 Å². The van der Waals surface area contributed by atoms with Gasteiger partial charge in [0.15, 0.2) is 11.6 Å². The molecule has 1 aromatic rings. The number of thioether (sulfide) groups is 1. The van der Waals surface area contributed by atoms with Gasteiger partial charge in [0.2, 0.25) is 0 Å². The van der Waals surface area contributed by atoms with Gasteiger partial charge in [0.1, 0.15) is 0 Å². The average Bonchev–Trinajstić information content (AvgIpc) is 2.37. The first-order chi connectivity index (χ1) is 9.08. The highest BCUT2D eigenvalue weighted by Gasteiger charge is 2.11. The van der Waals surface area contributed by atoms with Gasteiger partial charge in [-0.1, -0.05) is 6.92 Å². The molecule has 0 atom stereocenters. The van der Waals surface area contributed by atoms with Crippen LogP contribution in [0.15, 0.2) is 17.0 Å². The lowest BCUT2D eigenvalue weighted by atomic mass is 10.3. The van der Waals surface area contributed by atoms with Crippen LogP contribution in [0.5, 0.6) is 5.75 Å². The third-order valence-corrected chi connectivity index (χ3v) is 3.22. The fraction of sp³-hybridized carbons (Fsp3) is 0.462. The second-order valence-electron chi connectivity index (χ2n) is 3.76. The number of hydrogen-bond acceptors (Lipinski definition) is 5. The molecule has 0 fully saturated rings. The molecule has 0 unspecified atom stereocenters. The second kappa shape index (κ2) is 7.89. The van der Waals surface area contributed by atoms with Crippen LogP contribution in [-0.2, 0) is 9.53 Å². The highest BCUT2D eigenvalue weighted by molar-refractivity contribution is 8.00. The highest BCUT2D eigenvalue weighted by Crippen LogP contribution is 2.31. The predicted octanol–water partition coefficient (Wildman–Crippen LogP) is 2.85. The topological polar surface area (TPSA) is 61.5 Å². The lowest BCUT2D eigenvalue weighted by molar-refractivity contribution is -0.139. The summed E-state index contributed by atoms with van der Waals surface area (Å²) in [6, 6.07) is 2.72. The quantitative estimate of drug-likeness (QED) is 0.474. The number of esters is 1. The Morgan fingerprint density at radius 1 is 1.42 bits per heavy atom. The van der Waals surface area contributed by atoms with E-state index in [1.165, 1.54) is 23.9 Å². The Kier molecular flexibility index (Phi) is 6.49. The van der Waals surface area contributed by atoms with Crippen molar-refractivity contribution in [2.45, 2.75) is 25.2 Å². The van der Waals surface area contributed by atoms with Crippen molar-refractivity contribution in [1.82, 2.24) is 0 Å². The van der Waals surface area contributed by atoms with Crippen LogP contribution in [0.1, 0.15) is 20.3 Å². The third kappa shape index (κ3) is 4.98. The van der Waals surface area contributed by atoms with E-state index in [4.69, 9.17) is 15.2 Å². The van der Waals surface area contributed by atoms with Crippen molar-refractivity contribution in [2.75, 3.05) is 24.7 Å². The first-order valence-corrected chi connectivity index (χ1v) is 7.07. The normalized spacial score (nSPS) is 10.3. The van der Waals surface area contributed by atoms with Crippen LogP contribution in [0.2, 0.25) is 0 Å². The van der Waals surface area contributed by atoms with Crippen molar-refractivity contribution >= 4 is 23.4 Å². The van der Waals surface area contributed by atoms with Crippen molar-refractivity contribution in [3.63, 3.8) is 0 Å². The highest BCUT2D eigenvalue weighted by atomic mass is 32.2. The maximum absolute atomic E-state index is 13.6. The molecule has 0 aliphatic rings. The minimum atomic E-state index is -0.494. The zero-order chi connectivity index (χ0) is 14.3. The van der Waals surface area contributed by atoms with Crippen LogP contribution in [0, 0.1) is 5.82 Å². The molecule has 0 aliphatic heterocycles. The molecule has 106 valence electrons. The van der Waals surface area contributed by atoms with E-state index in [0.29, 0.717) is 18.1 Å². The fourth-order valence-corrected chi connectivity index (χ4v) is 2.11. The molecule has 0 saturated carbocycles. The molecule has 1 rings (SSSR count). The molecule has 6 heteroatoms. The first-order valence-electron chi connectivity index (χ1n) is 6.08. The number of nitrogen functional groups attached to an aromatic ring is 1. The van der Waals surface area contributed by atoms with Crippen LogP contribution in [0.25, 0.3) is 0 Å². The van der Waals surface area contributed by atoms with Crippen LogP contribution in [0.4, 0.5) is 10.1 Å². The summed E-state index contributed by atoms with van der Waals surface area (Å²) < 4.78 is 23.7. The molecule has 0 aromatic heterocycles. The Balaban J connectivity index is 2.73. The summed E-state index contributed by atoms with van der Waals surface area (Å²) in [5, 5.41) is 0. The van der Waals surface area contributed by atoms with E-state index in [9.17, 15) is 9.18 Å². The Bertz CT molecular complexity index is 440. The molecule has 0 aliphatic carbocycles. The van der Waals surface area contributed by atoms with Crippen LogP contribution in [-0.4, -0.2) is 24.9 Å². The SMILES string of the molecule is CCCOc1cc(SCC(=O)OCC)c(N)cc1F. The maximum atomic E-state index is 13.6. The number of rotatable bonds is 7. The van der Waals surface area contributed by atoms with Gasteiger partial charge in [-0.3, -0.25) is 4.79 Å². The molecule has 0 bridgehead atoms. The average molecular weight is 287 g/mol. The van der Waals surface area contributed by atoms with Gasteiger partial charge in [-0.05, 0) is 19.4 Å². The summed E-state index contributed by atoms with van der Waals surface area (Å²) in [6.07, 6.45) is 0.787. The molecule has 4 nitrogen and oxygen atoms in total. The largest absolute Gasteiger partial charge is 0.490 e. The summed E-state index contributed by atoms with van der Waals surface area (Å²) in [5.74, 6) is -0.530. The summed E-state index contributed by atoms with van der Waals surface area (Å²) in [6.45, 7) is 4.45. The van der Waals surface area contributed by atoms with Crippen LogP contribution in [0.3, 0.4) is 0 Å². The van der Waals surface area contributed by atoms with E-state index in [1.54, 1.807) is 6.92 Å². The minimum Gasteiger partial charge on any atom is -0.490 e. The second-order valence-corrected chi connectivity index (χ2v) is 4.78. The predicted molar refractivity (Wildman–Crippen MR) is 74.0 cm³/mol. The maximum Gasteiger partial charge on any atom is 0.316 e. The van der Waals surface area contributed by atoms with Gasteiger partial charge in [-0.2, -0.15) is 0 Å². The van der Waals surface area contributed by atoms with E-state index in [2.05, 4.69) is 0 Å². The molecule has 1 aromatic carbocycles. The molecule has 0 heterocycles. The van der Waals surface area contributed by atoms with Crippen molar-refractivity contribution in [3.8, 4) is 5.75 Å². The number of halogens is 1. The van der Waals surface area contributed by atoms with Crippen LogP contribution < -0.4 is 10.5 Å². The van der Waals surface area contributed by atoms with Gasteiger partial charge in [0, 0.05) is 16.6 Å². The molecule has 0 saturated heterocycles. The summed E-state index contributed by atoms with van der Waals surface area (Å²) in [7, 11) is 0. The Hall–Kier alpha value is -1.43. The molecule has 0 spiro atoms. The molecular weight excluding hydrogens is 269 g/mol. The van der Waals surface area contributed by atoms with E-state index in [0.717, 1.165) is 6.42 Å². The van der Waals surface area contributed by atoms with E-state index in [1.807, 2.05) is 6.92 Å². The number of anilines is 1. The zero-order valence-corrected chi connectivity index (χ0v) is 11.9. The Morgan fingerprint density at radius 2 is 2.16 bits per heavy atom. The van der Waals surface area contributed by atoms with E-state index in [-0.39, 0.29) is 23.2 Å². The molecular formula is C13H18FNO3S. The zero-order valence-electron chi connectivity index (χ0n) is 11.1. The van der Waals surface area contributed by atoms with Crippen molar-refractivity contribution in [2.24, 2.45) is 0 Å². The number of carbonyl (C=O) groups is 1. The number of hydrogen-bond donors (Lipinski definition) is 1. The standard InChI is InChI=1S/C13H18FNO3S/c1-3-5-18-11-7-12(10(15)6-9(11)14)19-8-13(16)17-4-2/h6-7H,3-5,8,15H2,1-2H3. The molecule has 2 N–H and O–H groups in total.